The minimum absolute atomic E-state index is 0.157. The summed E-state index contributed by atoms with van der Waals surface area (Å²) in [5.74, 6) is 3.11. The van der Waals surface area contributed by atoms with E-state index in [4.69, 9.17) is 0 Å². The van der Waals surface area contributed by atoms with Crippen molar-refractivity contribution in [2.45, 2.75) is 32.1 Å². The van der Waals surface area contributed by atoms with Gasteiger partial charge in [-0.2, -0.15) is 0 Å². The number of piperidine rings is 2. The van der Waals surface area contributed by atoms with Crippen LogP contribution < -0.4 is 4.90 Å². The average Bonchev–Trinajstić information content (AvgIpc) is 3.22. The predicted molar refractivity (Wildman–Crippen MR) is 98.6 cm³/mol. The maximum absolute atomic E-state index is 12.9. The fraction of sp³-hybridized carbons (Fsp3) is 0.579. The largest absolute Gasteiger partial charge is 0.355 e. The fourth-order valence-electron chi connectivity index (χ4n) is 4.11. The molecule has 138 valence electrons. The molecular weight excluding hydrogens is 328 g/mol. The highest BCUT2D eigenvalue weighted by Crippen LogP contribution is 2.26. The molecule has 1 amide bonds. The number of nitrogens with zero attached hydrogens (tertiary/aromatic N) is 5. The number of anilines is 1. The van der Waals surface area contributed by atoms with Crippen LogP contribution >= 0.6 is 0 Å². The van der Waals surface area contributed by atoms with Crippen molar-refractivity contribution in [3.8, 4) is 0 Å². The lowest BCUT2D eigenvalue weighted by atomic mass is 9.90. The van der Waals surface area contributed by atoms with Crippen molar-refractivity contribution in [1.82, 2.24) is 24.8 Å². The molecule has 0 atom stereocenters. The number of aromatic nitrogens is 4. The number of imidazole rings is 1. The normalized spacial score (nSPS) is 19.7. The summed E-state index contributed by atoms with van der Waals surface area (Å²) in [6, 6.07) is 0. The summed E-state index contributed by atoms with van der Waals surface area (Å²) in [5, 5.41) is 0. The maximum Gasteiger partial charge on any atom is 0.225 e. The molecule has 0 spiro atoms. The summed E-state index contributed by atoms with van der Waals surface area (Å²) in [5.41, 5.74) is 0. The van der Waals surface area contributed by atoms with E-state index in [0.717, 1.165) is 69.9 Å². The van der Waals surface area contributed by atoms with Crippen LogP contribution in [0.1, 0.15) is 31.5 Å². The lowest BCUT2D eigenvalue weighted by Gasteiger charge is -2.37. The van der Waals surface area contributed by atoms with E-state index in [1.165, 1.54) is 0 Å². The van der Waals surface area contributed by atoms with Crippen molar-refractivity contribution >= 4 is 11.7 Å². The second kappa shape index (κ2) is 7.85. The van der Waals surface area contributed by atoms with Crippen molar-refractivity contribution < 1.29 is 4.79 Å². The molecule has 0 saturated carbocycles. The van der Waals surface area contributed by atoms with Gasteiger partial charge >= 0.3 is 0 Å². The molecule has 0 aliphatic carbocycles. The predicted octanol–water partition coefficient (Wildman–Crippen LogP) is 1.90. The van der Waals surface area contributed by atoms with E-state index < -0.39 is 0 Å². The van der Waals surface area contributed by atoms with Gasteiger partial charge in [0.15, 0.2) is 0 Å². The van der Waals surface area contributed by atoms with Gasteiger partial charge in [-0.3, -0.25) is 9.78 Å². The Balaban J connectivity index is 1.24. The molecule has 2 aromatic rings. The molecule has 7 nitrogen and oxygen atoms in total. The lowest BCUT2D eigenvalue weighted by Crippen LogP contribution is -2.45. The summed E-state index contributed by atoms with van der Waals surface area (Å²) in [6.45, 7) is 3.53. The zero-order chi connectivity index (χ0) is 17.8. The molecule has 0 unspecified atom stereocenters. The van der Waals surface area contributed by atoms with Crippen LogP contribution in [0.25, 0.3) is 0 Å². The van der Waals surface area contributed by atoms with Crippen molar-refractivity contribution in [3.05, 3.63) is 36.8 Å². The highest BCUT2D eigenvalue weighted by Gasteiger charge is 2.31. The fourth-order valence-corrected chi connectivity index (χ4v) is 4.11. The van der Waals surface area contributed by atoms with Crippen LogP contribution in [0.2, 0.25) is 0 Å². The molecule has 7 heteroatoms. The summed E-state index contributed by atoms with van der Waals surface area (Å²) in [4.78, 5) is 33.2. The number of likely N-dealkylation sites (tertiary alicyclic amines) is 1. The van der Waals surface area contributed by atoms with Gasteiger partial charge in [0.05, 0.1) is 6.20 Å². The van der Waals surface area contributed by atoms with Crippen molar-refractivity contribution in [2.24, 2.45) is 11.8 Å². The molecule has 1 N–H and O–H groups in total. The van der Waals surface area contributed by atoms with Gasteiger partial charge in [0, 0.05) is 63.3 Å². The first-order valence-electron chi connectivity index (χ1n) is 9.57. The molecule has 2 saturated heterocycles. The average molecular weight is 354 g/mol. The number of hydrogen-bond acceptors (Lipinski definition) is 5. The molecule has 0 radical (unpaired) electrons. The summed E-state index contributed by atoms with van der Waals surface area (Å²) in [7, 11) is 0. The number of nitrogens with one attached hydrogen (secondary N) is 1. The molecule has 2 aliphatic heterocycles. The van der Waals surface area contributed by atoms with Gasteiger partial charge in [-0.25, -0.2) is 9.97 Å². The summed E-state index contributed by atoms with van der Waals surface area (Å²) in [6.07, 6.45) is 13.8. The Morgan fingerprint density at radius 3 is 2.50 bits per heavy atom. The van der Waals surface area contributed by atoms with Gasteiger partial charge < -0.3 is 14.8 Å². The van der Waals surface area contributed by atoms with Crippen LogP contribution in [0.5, 0.6) is 0 Å². The van der Waals surface area contributed by atoms with Gasteiger partial charge in [0.1, 0.15) is 11.6 Å². The number of carbonyl (C=O) groups is 1. The highest BCUT2D eigenvalue weighted by molar-refractivity contribution is 5.79. The standard InChI is InChI=1S/C19H26N6O/c26-19(16-3-11-24(12-4-16)18-14-20-5-6-23-18)25-9-1-15(2-10-25)13-17-21-7-8-22-17/h5-8,14-16H,1-4,9-13H2,(H,21,22). The van der Waals surface area contributed by atoms with Gasteiger partial charge in [0.25, 0.3) is 0 Å². The minimum atomic E-state index is 0.157. The van der Waals surface area contributed by atoms with Crippen LogP contribution in [0.3, 0.4) is 0 Å². The quantitative estimate of drug-likeness (QED) is 0.907. The number of amides is 1. The van der Waals surface area contributed by atoms with E-state index in [1.54, 1.807) is 24.8 Å². The third kappa shape index (κ3) is 3.86. The monoisotopic (exact) mass is 354 g/mol. The topological polar surface area (TPSA) is 78.0 Å². The first-order chi connectivity index (χ1) is 12.8. The van der Waals surface area contributed by atoms with Crippen LogP contribution in [-0.2, 0) is 11.2 Å². The Hall–Kier alpha value is -2.44. The van der Waals surface area contributed by atoms with E-state index in [1.807, 2.05) is 6.20 Å². The second-order valence-corrected chi connectivity index (χ2v) is 7.33. The zero-order valence-corrected chi connectivity index (χ0v) is 15.0. The summed E-state index contributed by atoms with van der Waals surface area (Å²) >= 11 is 0. The van der Waals surface area contributed by atoms with Gasteiger partial charge in [-0.05, 0) is 31.6 Å². The highest BCUT2D eigenvalue weighted by atomic mass is 16.2. The Morgan fingerprint density at radius 2 is 1.85 bits per heavy atom. The van der Waals surface area contributed by atoms with Gasteiger partial charge in [-0.1, -0.05) is 0 Å². The number of H-pyrrole nitrogens is 1. The molecular formula is C19H26N6O. The van der Waals surface area contributed by atoms with Gasteiger partial charge in [0.2, 0.25) is 5.91 Å². The van der Waals surface area contributed by atoms with Crippen molar-refractivity contribution in [3.63, 3.8) is 0 Å². The van der Waals surface area contributed by atoms with Crippen LogP contribution in [0, 0.1) is 11.8 Å². The molecule has 4 heterocycles. The third-order valence-electron chi connectivity index (χ3n) is 5.68. The van der Waals surface area contributed by atoms with Crippen LogP contribution in [-0.4, -0.2) is 56.9 Å². The van der Waals surface area contributed by atoms with E-state index in [2.05, 4.69) is 29.7 Å². The Morgan fingerprint density at radius 1 is 1.04 bits per heavy atom. The molecule has 0 aromatic carbocycles. The number of carbonyl (C=O) groups excluding carboxylic acids is 1. The smallest absolute Gasteiger partial charge is 0.225 e. The Kier molecular flexibility index (Phi) is 5.13. The van der Waals surface area contributed by atoms with Crippen LogP contribution in [0.4, 0.5) is 5.82 Å². The van der Waals surface area contributed by atoms with E-state index >= 15 is 0 Å². The van der Waals surface area contributed by atoms with Crippen molar-refractivity contribution in [2.75, 3.05) is 31.1 Å². The van der Waals surface area contributed by atoms with Crippen LogP contribution in [0.15, 0.2) is 31.0 Å². The van der Waals surface area contributed by atoms with E-state index in [-0.39, 0.29) is 5.92 Å². The molecule has 2 fully saturated rings. The Labute approximate surface area is 153 Å². The Bertz CT molecular complexity index is 688. The number of hydrogen-bond donors (Lipinski definition) is 1. The number of aromatic amines is 1. The molecule has 26 heavy (non-hydrogen) atoms. The minimum Gasteiger partial charge on any atom is -0.355 e. The van der Waals surface area contributed by atoms with E-state index in [0.29, 0.717) is 11.8 Å². The van der Waals surface area contributed by atoms with Crippen molar-refractivity contribution in [1.29, 1.82) is 0 Å². The second-order valence-electron chi connectivity index (χ2n) is 7.33. The third-order valence-corrected chi connectivity index (χ3v) is 5.68. The summed E-state index contributed by atoms with van der Waals surface area (Å²) < 4.78 is 0. The number of rotatable bonds is 4. The first-order valence-corrected chi connectivity index (χ1v) is 9.57. The zero-order valence-electron chi connectivity index (χ0n) is 15.0. The van der Waals surface area contributed by atoms with Gasteiger partial charge in [-0.15, -0.1) is 0 Å². The lowest BCUT2D eigenvalue weighted by molar-refractivity contribution is -0.137. The molecule has 4 rings (SSSR count). The maximum atomic E-state index is 12.9. The molecule has 0 bridgehead atoms. The van der Waals surface area contributed by atoms with E-state index in [9.17, 15) is 4.79 Å². The first kappa shape index (κ1) is 17.0. The molecule has 2 aliphatic rings. The molecule has 2 aromatic heterocycles. The SMILES string of the molecule is O=C(C1CCN(c2cnccn2)CC1)N1CCC(Cc2ncc[nH]2)CC1.